The molecule has 136 valence electrons. The van der Waals surface area contributed by atoms with E-state index in [9.17, 15) is 30.0 Å². The van der Waals surface area contributed by atoms with Crippen molar-refractivity contribution in [3.8, 4) is 11.5 Å². The van der Waals surface area contributed by atoms with Crippen molar-refractivity contribution in [1.82, 2.24) is 0 Å². The summed E-state index contributed by atoms with van der Waals surface area (Å²) < 4.78 is 14.3. The zero-order chi connectivity index (χ0) is 18.6. The summed E-state index contributed by atoms with van der Waals surface area (Å²) in [5.74, 6) is -1.65. The van der Waals surface area contributed by atoms with E-state index in [0.29, 0.717) is 5.56 Å². The normalized spacial score (nSPS) is 24.2. The number of rotatable bonds is 6. The van der Waals surface area contributed by atoms with E-state index in [-0.39, 0.29) is 11.5 Å². The molecule has 25 heavy (non-hydrogen) atoms. The minimum absolute atomic E-state index is 0.0443. The van der Waals surface area contributed by atoms with Crippen LogP contribution in [0.1, 0.15) is 5.56 Å². The second-order valence-corrected chi connectivity index (χ2v) is 5.30. The van der Waals surface area contributed by atoms with Crippen molar-refractivity contribution in [2.75, 3.05) is 13.7 Å². The number of ether oxygens (including phenoxy) is 3. The van der Waals surface area contributed by atoms with Crippen LogP contribution < -0.4 is 4.74 Å². The molecule has 4 N–H and O–H groups in total. The Kier molecular flexibility index (Phi) is 5.97. The van der Waals surface area contributed by atoms with Gasteiger partial charge in [0, 0.05) is 6.08 Å². The van der Waals surface area contributed by atoms with Crippen LogP contribution in [-0.2, 0) is 19.1 Å². The molecular formula is C16H18O9. The van der Waals surface area contributed by atoms with Gasteiger partial charge in [0.25, 0.3) is 0 Å². The number of phenolic OH excluding ortho intramolecular Hbond substituents is 1. The molecule has 0 aliphatic carbocycles. The highest BCUT2D eigenvalue weighted by molar-refractivity contribution is 5.87. The first kappa shape index (κ1) is 18.7. The summed E-state index contributed by atoms with van der Waals surface area (Å²) in [5.41, 5.74) is 0.565. The summed E-state index contributed by atoms with van der Waals surface area (Å²) in [7, 11) is 1.39. The summed E-state index contributed by atoms with van der Waals surface area (Å²) in [6, 6.07) is 4.45. The average Bonchev–Trinajstić information content (AvgIpc) is 2.86. The average molecular weight is 354 g/mol. The van der Waals surface area contributed by atoms with Crippen molar-refractivity contribution in [3.63, 3.8) is 0 Å². The van der Waals surface area contributed by atoms with Crippen LogP contribution in [0.4, 0.5) is 0 Å². The second-order valence-electron chi connectivity index (χ2n) is 5.30. The van der Waals surface area contributed by atoms with Gasteiger partial charge in [-0.2, -0.15) is 0 Å². The molecule has 0 aromatic heterocycles. The molecule has 0 radical (unpaired) electrons. The Bertz CT molecular complexity index is 670. The van der Waals surface area contributed by atoms with Gasteiger partial charge in [-0.05, 0) is 23.8 Å². The van der Waals surface area contributed by atoms with E-state index < -0.39 is 43.0 Å². The van der Waals surface area contributed by atoms with Crippen LogP contribution in [-0.4, -0.2) is 70.5 Å². The van der Waals surface area contributed by atoms with E-state index >= 15 is 0 Å². The van der Waals surface area contributed by atoms with Crippen LogP contribution in [0.5, 0.6) is 11.5 Å². The third-order valence-corrected chi connectivity index (χ3v) is 3.55. The van der Waals surface area contributed by atoms with Crippen molar-refractivity contribution >= 4 is 18.0 Å². The number of phenols is 1. The monoisotopic (exact) mass is 354 g/mol. The highest BCUT2D eigenvalue weighted by Crippen LogP contribution is 2.26. The van der Waals surface area contributed by atoms with Crippen molar-refractivity contribution in [2.45, 2.75) is 24.4 Å². The second kappa shape index (κ2) is 7.97. The first-order valence-electron chi connectivity index (χ1n) is 7.30. The highest BCUT2D eigenvalue weighted by atomic mass is 16.6. The van der Waals surface area contributed by atoms with Crippen LogP contribution >= 0.6 is 0 Å². The van der Waals surface area contributed by atoms with Crippen LogP contribution in [0.3, 0.4) is 0 Å². The summed E-state index contributed by atoms with van der Waals surface area (Å²) in [6.45, 7) is -0.538. The van der Waals surface area contributed by atoms with Gasteiger partial charge in [0.1, 0.15) is 18.8 Å². The number of cyclic esters (lactones) is 1. The van der Waals surface area contributed by atoms with Gasteiger partial charge in [-0.3, -0.25) is 0 Å². The van der Waals surface area contributed by atoms with Gasteiger partial charge in [0.05, 0.1) is 7.11 Å². The Morgan fingerprint density at radius 1 is 1.40 bits per heavy atom. The Hall–Kier alpha value is -2.62. The molecule has 1 fully saturated rings. The number of hydrogen-bond donors (Lipinski definition) is 4. The lowest BCUT2D eigenvalue weighted by atomic mass is 10.1. The first-order valence-corrected chi connectivity index (χ1v) is 7.30. The van der Waals surface area contributed by atoms with Gasteiger partial charge in [-0.25, -0.2) is 9.59 Å². The number of benzene rings is 1. The van der Waals surface area contributed by atoms with Gasteiger partial charge in [-0.15, -0.1) is 0 Å². The van der Waals surface area contributed by atoms with Crippen molar-refractivity contribution in [1.29, 1.82) is 0 Å². The molecule has 4 atom stereocenters. The highest BCUT2D eigenvalue weighted by Gasteiger charge is 2.46. The fraction of sp³-hybridized carbons (Fsp3) is 0.375. The number of carbonyl (C=O) groups excluding carboxylic acids is 2. The minimum Gasteiger partial charge on any atom is -0.504 e. The fourth-order valence-electron chi connectivity index (χ4n) is 2.17. The number of carbonyl (C=O) groups is 2. The summed E-state index contributed by atoms with van der Waals surface area (Å²) >= 11 is 0. The molecule has 9 heteroatoms. The molecule has 0 amide bonds. The summed E-state index contributed by atoms with van der Waals surface area (Å²) in [4.78, 5) is 22.7. The molecule has 1 aromatic rings. The number of hydrogen-bond acceptors (Lipinski definition) is 9. The SMILES string of the molecule is COc1cc(C=CC(=O)OC[C@H](O)[C@H]2OC(=O)[C@@H](O)[C@@H]2O)ccc1O. The van der Waals surface area contributed by atoms with Gasteiger partial charge < -0.3 is 34.6 Å². The molecule has 1 aromatic carbocycles. The van der Waals surface area contributed by atoms with E-state index in [2.05, 4.69) is 4.74 Å². The van der Waals surface area contributed by atoms with Crippen molar-refractivity contribution < 1.29 is 44.2 Å². The number of aliphatic hydroxyl groups excluding tert-OH is 3. The van der Waals surface area contributed by atoms with Crippen LogP contribution in [0.15, 0.2) is 24.3 Å². The van der Waals surface area contributed by atoms with Crippen molar-refractivity contribution in [3.05, 3.63) is 29.8 Å². The Morgan fingerprint density at radius 2 is 2.12 bits per heavy atom. The Labute approximate surface area is 142 Å². The molecule has 0 bridgehead atoms. The third kappa shape index (κ3) is 4.47. The van der Waals surface area contributed by atoms with E-state index in [1.807, 2.05) is 0 Å². The quantitative estimate of drug-likeness (QED) is 0.372. The van der Waals surface area contributed by atoms with E-state index in [1.54, 1.807) is 6.07 Å². The zero-order valence-electron chi connectivity index (χ0n) is 13.2. The van der Waals surface area contributed by atoms with Gasteiger partial charge >= 0.3 is 11.9 Å². The molecule has 0 unspecified atom stereocenters. The van der Waals surface area contributed by atoms with Crippen LogP contribution in [0.25, 0.3) is 6.08 Å². The standard InChI is InChI=1S/C16H18O9/c1-23-11-6-8(2-4-9(11)17)3-5-12(19)24-7-10(18)15-13(20)14(21)16(22)25-15/h2-6,10,13-15,17-18,20-21H,7H2,1H3/t10-,13-,14-,15+/m0/s1. The molecule has 0 spiro atoms. The summed E-state index contributed by atoms with van der Waals surface area (Å²) in [6.07, 6.45) is -3.70. The van der Waals surface area contributed by atoms with Gasteiger partial charge in [0.15, 0.2) is 23.7 Å². The molecule has 0 saturated carbocycles. The van der Waals surface area contributed by atoms with Gasteiger partial charge in [0.2, 0.25) is 0 Å². The lowest BCUT2D eigenvalue weighted by Gasteiger charge is -2.19. The molecule has 1 aliphatic rings. The van der Waals surface area contributed by atoms with E-state index in [0.717, 1.165) is 6.08 Å². The zero-order valence-corrected chi connectivity index (χ0v) is 13.2. The Morgan fingerprint density at radius 3 is 2.72 bits per heavy atom. The molecule has 9 nitrogen and oxygen atoms in total. The smallest absolute Gasteiger partial charge is 0.338 e. The molecule has 1 aliphatic heterocycles. The molecular weight excluding hydrogens is 336 g/mol. The third-order valence-electron chi connectivity index (χ3n) is 3.55. The topological polar surface area (TPSA) is 143 Å². The predicted molar refractivity (Wildman–Crippen MR) is 82.6 cm³/mol. The van der Waals surface area contributed by atoms with E-state index in [1.165, 1.54) is 25.3 Å². The molecule has 1 saturated heterocycles. The van der Waals surface area contributed by atoms with Gasteiger partial charge in [-0.1, -0.05) is 6.07 Å². The predicted octanol–water partition coefficient (Wildman–Crippen LogP) is -1.03. The maximum absolute atomic E-state index is 11.6. The Balaban J connectivity index is 1.87. The minimum atomic E-state index is -1.74. The van der Waals surface area contributed by atoms with Crippen LogP contribution in [0, 0.1) is 0 Å². The maximum atomic E-state index is 11.6. The van der Waals surface area contributed by atoms with Crippen LogP contribution in [0.2, 0.25) is 0 Å². The number of aliphatic hydroxyl groups is 3. The largest absolute Gasteiger partial charge is 0.504 e. The van der Waals surface area contributed by atoms with E-state index in [4.69, 9.17) is 9.47 Å². The first-order chi connectivity index (χ1) is 11.8. The number of esters is 2. The number of methoxy groups -OCH3 is 1. The number of aromatic hydroxyl groups is 1. The van der Waals surface area contributed by atoms with Crippen molar-refractivity contribution in [2.24, 2.45) is 0 Å². The maximum Gasteiger partial charge on any atom is 0.338 e. The molecule has 1 heterocycles. The lowest BCUT2D eigenvalue weighted by Crippen LogP contribution is -2.41. The summed E-state index contributed by atoms with van der Waals surface area (Å²) in [5, 5.41) is 38.1. The lowest BCUT2D eigenvalue weighted by molar-refractivity contribution is -0.154. The fourth-order valence-corrected chi connectivity index (χ4v) is 2.17. The molecule has 2 rings (SSSR count).